The fraction of sp³-hybridized carbons (Fsp3) is 0.533. The lowest BCUT2D eigenvalue weighted by Gasteiger charge is -2.14. The highest BCUT2D eigenvalue weighted by Crippen LogP contribution is 2.36. The number of benzene rings is 1. The molecule has 2 N–H and O–H groups in total. The van der Waals surface area contributed by atoms with Crippen LogP contribution in [0.2, 0.25) is 0 Å². The Balaban J connectivity index is 1.51. The Labute approximate surface area is 215 Å². The van der Waals surface area contributed by atoms with Crippen molar-refractivity contribution < 1.29 is 9.21 Å². The summed E-state index contributed by atoms with van der Waals surface area (Å²) in [6, 6.07) is 9.64. The Bertz CT molecular complexity index is 1020. The molecule has 0 spiro atoms. The molecular formula is C30H42N2O2S. The summed E-state index contributed by atoms with van der Waals surface area (Å²) < 4.78 is 5.52. The summed E-state index contributed by atoms with van der Waals surface area (Å²) in [5, 5.41) is 0.735. The van der Waals surface area contributed by atoms with Crippen LogP contribution in [0, 0.1) is 6.92 Å². The number of carbonyl (C=O) groups excluding carboxylic acids is 1. The number of anilines is 1. The lowest BCUT2D eigenvalue weighted by Crippen LogP contribution is -2.12. The highest BCUT2D eigenvalue weighted by atomic mass is 32.1. The van der Waals surface area contributed by atoms with E-state index in [-0.39, 0.29) is 11.7 Å². The summed E-state index contributed by atoms with van der Waals surface area (Å²) in [6.07, 6.45) is 20.0. The maximum absolute atomic E-state index is 13.5. The summed E-state index contributed by atoms with van der Waals surface area (Å²) in [6.45, 7) is 4.30. The van der Waals surface area contributed by atoms with Crippen molar-refractivity contribution in [1.29, 1.82) is 0 Å². The third-order valence-corrected chi connectivity index (χ3v) is 7.83. The Hall–Kier alpha value is -2.40. The molecule has 0 aliphatic heterocycles. The molecule has 4 nitrogen and oxygen atoms in total. The van der Waals surface area contributed by atoms with Crippen molar-refractivity contribution in [2.75, 3.05) is 5.73 Å². The molecule has 5 heteroatoms. The molecule has 3 aromatic rings. The number of Topliss-reactive ketones (excluding diaryl/α,β-unsaturated/α-hetero) is 1. The number of rotatable bonds is 17. The van der Waals surface area contributed by atoms with Crippen LogP contribution in [-0.2, 0) is 0 Å². The van der Waals surface area contributed by atoms with Gasteiger partial charge in [0.2, 0.25) is 0 Å². The van der Waals surface area contributed by atoms with Crippen LogP contribution in [0.25, 0.3) is 10.8 Å². The third kappa shape index (κ3) is 8.64. The maximum Gasteiger partial charge on any atom is 0.185 e. The van der Waals surface area contributed by atoms with Gasteiger partial charge in [-0.15, -0.1) is 11.3 Å². The fourth-order valence-electron chi connectivity index (χ4n) is 4.64. The molecule has 0 bridgehead atoms. The van der Waals surface area contributed by atoms with E-state index in [1.165, 1.54) is 82.0 Å². The van der Waals surface area contributed by atoms with E-state index in [9.17, 15) is 4.79 Å². The molecule has 0 amide bonds. The first-order valence-electron chi connectivity index (χ1n) is 13.5. The van der Waals surface area contributed by atoms with Crippen LogP contribution in [0.3, 0.4) is 0 Å². The molecule has 1 aromatic carbocycles. The van der Waals surface area contributed by atoms with E-state index in [0.717, 1.165) is 33.9 Å². The van der Waals surface area contributed by atoms with Crippen LogP contribution >= 0.6 is 11.3 Å². The number of ketones is 1. The van der Waals surface area contributed by atoms with Gasteiger partial charge in [-0.2, -0.15) is 0 Å². The zero-order valence-electron chi connectivity index (χ0n) is 21.6. The van der Waals surface area contributed by atoms with Crippen molar-refractivity contribution >= 4 is 22.8 Å². The van der Waals surface area contributed by atoms with Crippen molar-refractivity contribution in [2.24, 2.45) is 0 Å². The van der Waals surface area contributed by atoms with Gasteiger partial charge in [-0.1, -0.05) is 108 Å². The van der Waals surface area contributed by atoms with Gasteiger partial charge < -0.3 is 10.2 Å². The number of aryl methyl sites for hydroxylation is 1. The van der Waals surface area contributed by atoms with E-state index in [4.69, 9.17) is 10.2 Å². The average molecular weight is 495 g/mol. The third-order valence-electron chi connectivity index (χ3n) is 6.72. The molecule has 1 atom stereocenters. The highest BCUT2D eigenvalue weighted by molar-refractivity contribution is 7.15. The zero-order valence-corrected chi connectivity index (χ0v) is 22.4. The van der Waals surface area contributed by atoms with E-state index >= 15 is 0 Å². The predicted octanol–water partition coefficient (Wildman–Crippen LogP) is 9.35. The van der Waals surface area contributed by atoms with E-state index < -0.39 is 0 Å². The standard InChI is InChI=1S/C30H42N2O2S/c1-3-4-5-6-7-8-9-10-11-12-13-14-18-25(28(33)24-17-15-16-23(2)21-24)27-22-32-30(35-27)29-26(31)19-20-34-29/h15-17,19-22,25H,3-14,18,31H2,1-2H3. The smallest absolute Gasteiger partial charge is 0.185 e. The van der Waals surface area contributed by atoms with Gasteiger partial charge in [0.15, 0.2) is 16.6 Å². The Kier molecular flexibility index (Phi) is 11.6. The molecule has 2 heterocycles. The molecule has 0 fully saturated rings. The van der Waals surface area contributed by atoms with Gasteiger partial charge in [-0.25, -0.2) is 4.98 Å². The van der Waals surface area contributed by atoms with Gasteiger partial charge in [0.1, 0.15) is 0 Å². The van der Waals surface area contributed by atoms with E-state index in [1.54, 1.807) is 12.3 Å². The predicted molar refractivity (Wildman–Crippen MR) is 148 cm³/mol. The van der Waals surface area contributed by atoms with E-state index in [2.05, 4.69) is 11.9 Å². The number of nitrogens with two attached hydrogens (primary N) is 1. The average Bonchev–Trinajstić information content (AvgIpc) is 3.50. The number of furan rings is 1. The van der Waals surface area contributed by atoms with Crippen LogP contribution < -0.4 is 5.73 Å². The molecule has 1 unspecified atom stereocenters. The molecule has 0 saturated carbocycles. The fourth-order valence-corrected chi connectivity index (χ4v) is 5.70. The first-order chi connectivity index (χ1) is 17.1. The molecule has 3 rings (SSSR count). The van der Waals surface area contributed by atoms with Gasteiger partial charge in [0, 0.05) is 22.7 Å². The molecule has 0 aliphatic rings. The van der Waals surface area contributed by atoms with Gasteiger partial charge in [0.25, 0.3) is 0 Å². The zero-order chi connectivity index (χ0) is 24.9. The van der Waals surface area contributed by atoms with Crippen molar-refractivity contribution in [3.05, 3.63) is 58.8 Å². The van der Waals surface area contributed by atoms with E-state index in [1.807, 2.05) is 37.4 Å². The Morgan fingerprint density at radius 3 is 2.23 bits per heavy atom. The van der Waals surface area contributed by atoms with Crippen molar-refractivity contribution in [3.63, 3.8) is 0 Å². The lowest BCUT2D eigenvalue weighted by atomic mass is 9.90. The molecule has 0 radical (unpaired) electrons. The molecule has 0 aliphatic carbocycles. The highest BCUT2D eigenvalue weighted by Gasteiger charge is 2.25. The van der Waals surface area contributed by atoms with Gasteiger partial charge >= 0.3 is 0 Å². The topological polar surface area (TPSA) is 69.1 Å². The van der Waals surface area contributed by atoms with Crippen LogP contribution in [0.4, 0.5) is 5.69 Å². The number of unbranched alkanes of at least 4 members (excludes halogenated alkanes) is 11. The number of carbonyl (C=O) groups is 1. The molecule has 35 heavy (non-hydrogen) atoms. The summed E-state index contributed by atoms with van der Waals surface area (Å²) in [4.78, 5) is 19.1. The second kappa shape index (κ2) is 14.9. The summed E-state index contributed by atoms with van der Waals surface area (Å²) in [5.74, 6) is 0.593. The van der Waals surface area contributed by atoms with Crippen molar-refractivity contribution in [1.82, 2.24) is 4.98 Å². The summed E-state index contributed by atoms with van der Waals surface area (Å²) >= 11 is 1.52. The van der Waals surface area contributed by atoms with Crippen molar-refractivity contribution in [2.45, 2.75) is 103 Å². The summed E-state index contributed by atoms with van der Waals surface area (Å²) in [7, 11) is 0. The number of nitrogens with zero attached hydrogens (tertiary/aromatic N) is 1. The SMILES string of the molecule is CCCCCCCCCCCCCCC(C(=O)c1cccc(C)c1)c1cnc(-c2occc2N)s1. The van der Waals surface area contributed by atoms with Gasteiger partial charge in [-0.05, 0) is 19.4 Å². The quantitative estimate of drug-likeness (QED) is 0.150. The monoisotopic (exact) mass is 494 g/mol. The minimum absolute atomic E-state index is 0.178. The largest absolute Gasteiger partial charge is 0.460 e. The minimum Gasteiger partial charge on any atom is -0.460 e. The van der Waals surface area contributed by atoms with Crippen LogP contribution in [-0.4, -0.2) is 10.8 Å². The first kappa shape index (κ1) is 27.2. The van der Waals surface area contributed by atoms with Gasteiger partial charge in [0.05, 0.1) is 17.9 Å². The normalized spacial score (nSPS) is 12.2. The molecular weight excluding hydrogens is 452 g/mol. The number of thiazole rings is 1. The first-order valence-corrected chi connectivity index (χ1v) is 14.3. The maximum atomic E-state index is 13.5. The van der Waals surface area contributed by atoms with Crippen molar-refractivity contribution in [3.8, 4) is 10.8 Å². The second-order valence-electron chi connectivity index (χ2n) is 9.74. The molecule has 190 valence electrons. The van der Waals surface area contributed by atoms with Crippen LogP contribution in [0.5, 0.6) is 0 Å². The van der Waals surface area contributed by atoms with E-state index in [0.29, 0.717) is 11.4 Å². The summed E-state index contributed by atoms with van der Waals surface area (Å²) in [5.41, 5.74) is 8.48. The van der Waals surface area contributed by atoms with Crippen LogP contribution in [0.1, 0.15) is 117 Å². The minimum atomic E-state index is -0.178. The van der Waals surface area contributed by atoms with Crippen LogP contribution in [0.15, 0.2) is 47.2 Å². The number of nitrogen functional groups attached to an aromatic ring is 1. The number of aromatic nitrogens is 1. The Morgan fingerprint density at radius 1 is 0.971 bits per heavy atom. The Morgan fingerprint density at radius 2 is 1.63 bits per heavy atom. The number of hydrogen-bond donors (Lipinski definition) is 1. The second-order valence-corrected chi connectivity index (χ2v) is 10.8. The number of hydrogen-bond acceptors (Lipinski definition) is 5. The molecule has 2 aromatic heterocycles. The van der Waals surface area contributed by atoms with Gasteiger partial charge in [-0.3, -0.25) is 4.79 Å². The molecule has 0 saturated heterocycles. The lowest BCUT2D eigenvalue weighted by molar-refractivity contribution is 0.0955.